The second-order valence-electron chi connectivity index (χ2n) is 16.1. The van der Waals surface area contributed by atoms with Gasteiger partial charge < -0.3 is 19.8 Å². The van der Waals surface area contributed by atoms with E-state index in [1.165, 1.54) is 0 Å². The molecule has 3 fully saturated rings. The van der Waals surface area contributed by atoms with E-state index >= 15 is 9.59 Å². The van der Waals surface area contributed by atoms with E-state index in [0.717, 1.165) is 24.0 Å². The number of likely N-dealkylation sites (tertiary alicyclic amines) is 1. The van der Waals surface area contributed by atoms with E-state index in [2.05, 4.69) is 54.7 Å². The molecular formula is C41H55N3O4S. The number of amides is 3. The lowest BCUT2D eigenvalue weighted by atomic mass is 9.65. The number of thioether (sulfide) groups is 1. The molecular weight excluding hydrogens is 631 g/mol. The molecule has 2 aromatic carbocycles. The molecule has 3 unspecified atom stereocenters. The Labute approximate surface area is 297 Å². The first-order valence-corrected chi connectivity index (χ1v) is 18.6. The van der Waals surface area contributed by atoms with Crippen LogP contribution >= 0.6 is 11.8 Å². The highest BCUT2D eigenvalue weighted by molar-refractivity contribution is 8.02. The second-order valence-corrected chi connectivity index (χ2v) is 17.7. The SMILES string of the molecule is C=CCN(Cc1ccccc1)C(=O)[C@@H]1[C@@H]2CC(C)C3(S2)C(C(=O)N(CC=C)C(C)(C)CC(C)(C)C)N([C@@H](CO)Cc2ccccc2)C(=O)[C@H]13. The number of carbonyl (C=O) groups excluding carboxylic acids is 3. The predicted octanol–water partition coefficient (Wildman–Crippen LogP) is 6.37. The van der Waals surface area contributed by atoms with Gasteiger partial charge in [0, 0.05) is 30.4 Å². The third kappa shape index (κ3) is 7.01. The summed E-state index contributed by atoms with van der Waals surface area (Å²) < 4.78 is -0.812. The van der Waals surface area contributed by atoms with Gasteiger partial charge >= 0.3 is 0 Å². The summed E-state index contributed by atoms with van der Waals surface area (Å²) >= 11 is 1.68. The lowest BCUT2D eigenvalue weighted by Crippen LogP contribution is -2.63. The summed E-state index contributed by atoms with van der Waals surface area (Å²) in [6.07, 6.45) is 5.39. The van der Waals surface area contributed by atoms with Gasteiger partial charge in [-0.25, -0.2) is 0 Å². The molecule has 7 atom stereocenters. The fourth-order valence-corrected chi connectivity index (χ4v) is 11.7. The van der Waals surface area contributed by atoms with Gasteiger partial charge in [-0.05, 0) is 55.6 Å². The van der Waals surface area contributed by atoms with Crippen LogP contribution in [-0.2, 0) is 27.3 Å². The van der Waals surface area contributed by atoms with Crippen molar-refractivity contribution in [3.8, 4) is 0 Å². The highest BCUT2D eigenvalue weighted by atomic mass is 32.2. The topological polar surface area (TPSA) is 81.2 Å². The molecule has 3 amide bonds. The average Bonchev–Trinajstić information content (AvgIpc) is 3.65. The smallest absolute Gasteiger partial charge is 0.247 e. The number of hydrogen-bond acceptors (Lipinski definition) is 5. The second kappa shape index (κ2) is 14.5. The first-order valence-electron chi connectivity index (χ1n) is 17.7. The molecule has 7 nitrogen and oxygen atoms in total. The van der Waals surface area contributed by atoms with Crippen molar-refractivity contribution in [3.05, 3.63) is 97.1 Å². The first kappa shape index (κ1) is 36.9. The van der Waals surface area contributed by atoms with E-state index in [1.54, 1.807) is 28.8 Å². The number of carbonyl (C=O) groups is 3. The molecule has 5 rings (SSSR count). The Hall–Kier alpha value is -3.36. The van der Waals surface area contributed by atoms with Crippen LogP contribution in [0.15, 0.2) is 86.0 Å². The van der Waals surface area contributed by atoms with Crippen LogP contribution in [0.5, 0.6) is 0 Å². The molecule has 3 aliphatic heterocycles. The number of aliphatic hydroxyl groups excluding tert-OH is 1. The molecule has 0 aliphatic carbocycles. The summed E-state index contributed by atoms with van der Waals surface area (Å²) in [5.74, 6) is -1.65. The summed E-state index contributed by atoms with van der Waals surface area (Å²) in [6.45, 7) is 21.6. The summed E-state index contributed by atoms with van der Waals surface area (Å²) in [6, 6.07) is 18.2. The van der Waals surface area contributed by atoms with Gasteiger partial charge in [-0.3, -0.25) is 14.4 Å². The fraction of sp³-hybridized carbons (Fsp3) is 0.537. The number of rotatable bonds is 14. The quantitative estimate of drug-likeness (QED) is 0.234. The van der Waals surface area contributed by atoms with Gasteiger partial charge in [0.1, 0.15) is 6.04 Å². The summed E-state index contributed by atoms with van der Waals surface area (Å²) in [5.41, 5.74) is 1.38. The van der Waals surface area contributed by atoms with E-state index in [-0.39, 0.29) is 40.9 Å². The lowest BCUT2D eigenvalue weighted by Gasteiger charge is -2.47. The molecule has 0 saturated carbocycles. The molecule has 0 aromatic heterocycles. The third-order valence-corrected chi connectivity index (χ3v) is 12.8. The minimum absolute atomic E-state index is 0.00815. The molecule has 1 spiro atoms. The molecule has 2 aromatic rings. The van der Waals surface area contributed by atoms with Crippen molar-refractivity contribution in [2.45, 2.75) is 95.0 Å². The standard InChI is InChI=1S/C41H55N3O4S/c1-9-21-42(25-30-19-15-12-16-20-30)36(46)33-32-23-28(3)41(49-32)34(33)37(47)44(31(26-45)24-29-17-13-11-14-18-29)35(41)38(48)43(22-10-2)40(7,8)27-39(4,5)6/h9-20,28,31-35,45H,1-2,21-27H2,3-8H3/t28?,31-,32+,33-,34+,35?,41?/m1/s1. The molecule has 3 aliphatic rings. The average molecular weight is 686 g/mol. The number of nitrogens with zero attached hydrogens (tertiary/aromatic N) is 3. The third-order valence-electron chi connectivity index (χ3n) is 10.8. The van der Waals surface area contributed by atoms with Crippen LogP contribution in [0, 0.1) is 23.2 Å². The summed E-state index contributed by atoms with van der Waals surface area (Å²) in [7, 11) is 0. The van der Waals surface area contributed by atoms with Crippen molar-refractivity contribution in [1.29, 1.82) is 0 Å². The number of hydrogen-bond donors (Lipinski definition) is 1. The maximum Gasteiger partial charge on any atom is 0.247 e. The molecule has 49 heavy (non-hydrogen) atoms. The van der Waals surface area contributed by atoms with Gasteiger partial charge in [0.2, 0.25) is 17.7 Å². The van der Waals surface area contributed by atoms with Gasteiger partial charge in [-0.1, -0.05) is 101 Å². The Morgan fingerprint density at radius 2 is 1.57 bits per heavy atom. The van der Waals surface area contributed by atoms with E-state index < -0.39 is 34.2 Å². The Kier molecular flexibility index (Phi) is 10.9. The molecule has 8 heteroatoms. The zero-order chi connectivity index (χ0) is 35.7. The van der Waals surface area contributed by atoms with Gasteiger partial charge in [0.05, 0.1) is 29.2 Å². The minimum Gasteiger partial charge on any atom is -0.394 e. The molecule has 3 saturated heterocycles. The van der Waals surface area contributed by atoms with Gasteiger partial charge in [-0.15, -0.1) is 24.9 Å². The predicted molar refractivity (Wildman–Crippen MR) is 199 cm³/mol. The number of aliphatic hydroxyl groups is 1. The molecule has 3 heterocycles. The van der Waals surface area contributed by atoms with Crippen molar-refractivity contribution in [2.24, 2.45) is 23.2 Å². The number of benzene rings is 2. The van der Waals surface area contributed by atoms with Crippen LogP contribution in [0.25, 0.3) is 0 Å². The Balaban J connectivity index is 1.62. The maximum absolute atomic E-state index is 15.4. The van der Waals surface area contributed by atoms with Crippen LogP contribution in [0.1, 0.15) is 65.5 Å². The molecule has 264 valence electrons. The summed E-state index contributed by atoms with van der Waals surface area (Å²) in [4.78, 5) is 50.7. The highest BCUT2D eigenvalue weighted by Gasteiger charge is 2.77. The zero-order valence-corrected chi connectivity index (χ0v) is 31.0. The van der Waals surface area contributed by atoms with Crippen molar-refractivity contribution >= 4 is 29.5 Å². The fourth-order valence-electron chi connectivity index (χ4n) is 9.26. The van der Waals surface area contributed by atoms with Gasteiger partial charge in [0.25, 0.3) is 0 Å². The lowest BCUT2D eigenvalue weighted by molar-refractivity contribution is -0.149. The molecule has 2 bridgehead atoms. The van der Waals surface area contributed by atoms with E-state index in [0.29, 0.717) is 26.1 Å². The minimum atomic E-state index is -0.838. The Bertz CT molecular complexity index is 1520. The van der Waals surface area contributed by atoms with Crippen molar-refractivity contribution in [2.75, 3.05) is 19.7 Å². The maximum atomic E-state index is 15.4. The monoisotopic (exact) mass is 685 g/mol. The molecule has 0 radical (unpaired) electrons. The van der Waals surface area contributed by atoms with Crippen LogP contribution in [0.3, 0.4) is 0 Å². The normalized spacial score (nSPS) is 26.7. The summed E-state index contributed by atoms with van der Waals surface area (Å²) in [5, 5.41) is 10.9. The van der Waals surface area contributed by atoms with Crippen LogP contribution < -0.4 is 0 Å². The molecule has 1 N–H and O–H groups in total. The number of fused-ring (bicyclic) bond motifs is 1. The van der Waals surface area contributed by atoms with E-state index in [1.807, 2.05) is 70.5 Å². The van der Waals surface area contributed by atoms with Gasteiger partial charge in [0.15, 0.2) is 0 Å². The Morgan fingerprint density at radius 3 is 2.12 bits per heavy atom. The van der Waals surface area contributed by atoms with Crippen molar-refractivity contribution in [1.82, 2.24) is 14.7 Å². The van der Waals surface area contributed by atoms with Crippen LogP contribution in [0.2, 0.25) is 0 Å². The first-order chi connectivity index (χ1) is 23.2. The highest BCUT2D eigenvalue weighted by Crippen LogP contribution is 2.69. The van der Waals surface area contributed by atoms with E-state index in [4.69, 9.17) is 0 Å². The van der Waals surface area contributed by atoms with Crippen LogP contribution in [-0.4, -0.2) is 84.8 Å². The Morgan fingerprint density at radius 1 is 0.980 bits per heavy atom. The largest absolute Gasteiger partial charge is 0.394 e. The van der Waals surface area contributed by atoms with Gasteiger partial charge in [-0.2, -0.15) is 0 Å². The van der Waals surface area contributed by atoms with E-state index in [9.17, 15) is 9.90 Å². The van der Waals surface area contributed by atoms with Crippen LogP contribution in [0.4, 0.5) is 0 Å². The van der Waals surface area contributed by atoms with Crippen molar-refractivity contribution in [3.63, 3.8) is 0 Å². The van der Waals surface area contributed by atoms with Crippen molar-refractivity contribution < 1.29 is 19.5 Å². The zero-order valence-electron chi connectivity index (χ0n) is 30.2.